The van der Waals surface area contributed by atoms with Crippen molar-refractivity contribution in [2.75, 3.05) is 13.2 Å². The molecule has 1 aromatic rings. The molecule has 1 aliphatic heterocycles. The summed E-state index contributed by atoms with van der Waals surface area (Å²) in [7, 11) is 0. The molecule has 0 saturated carbocycles. The molecule has 1 aromatic carbocycles. The summed E-state index contributed by atoms with van der Waals surface area (Å²) in [6.45, 7) is 7.91. The largest absolute Gasteiger partial charge is 0.460 e. The van der Waals surface area contributed by atoms with E-state index in [1.807, 2.05) is 20.8 Å². The molecule has 1 heterocycles. The number of ether oxygens (including phenoxy) is 2. The summed E-state index contributed by atoms with van der Waals surface area (Å²) >= 11 is 0. The molecule has 1 N–H and O–H groups in total. The van der Waals surface area contributed by atoms with Crippen LogP contribution >= 0.6 is 0 Å². The van der Waals surface area contributed by atoms with Crippen molar-refractivity contribution in [3.05, 3.63) is 51.2 Å². The van der Waals surface area contributed by atoms with E-state index >= 15 is 0 Å². The zero-order valence-electron chi connectivity index (χ0n) is 16.0. The Morgan fingerprint density at radius 3 is 2.74 bits per heavy atom. The van der Waals surface area contributed by atoms with Gasteiger partial charge in [0.2, 0.25) is 0 Å². The standard InChI is InChI=1S/C19H25N3O5/c1-5-16-18(14-7-6-8-15(11-14)22(24)25)17(13(4)20-21-16)19(23)27-10-9-26-12(2)3/h6-8,11-12,18,20H,5,9-10H2,1-4H3. The first-order valence-corrected chi connectivity index (χ1v) is 8.91. The minimum atomic E-state index is -0.491. The van der Waals surface area contributed by atoms with Gasteiger partial charge in [-0.3, -0.25) is 15.5 Å². The number of nitrogens with one attached hydrogen (secondary N) is 1. The van der Waals surface area contributed by atoms with Crippen LogP contribution in [-0.4, -0.2) is 35.9 Å². The minimum Gasteiger partial charge on any atom is -0.460 e. The number of carbonyl (C=O) groups excluding carboxylic acids is 1. The first kappa shape index (κ1) is 20.6. The van der Waals surface area contributed by atoms with Gasteiger partial charge in [0, 0.05) is 17.8 Å². The van der Waals surface area contributed by atoms with Gasteiger partial charge in [-0.05, 0) is 32.8 Å². The van der Waals surface area contributed by atoms with Crippen LogP contribution in [0.4, 0.5) is 5.69 Å². The molecule has 8 heteroatoms. The number of hydrogen-bond acceptors (Lipinski definition) is 7. The summed E-state index contributed by atoms with van der Waals surface area (Å²) in [4.78, 5) is 23.4. The van der Waals surface area contributed by atoms with Gasteiger partial charge in [-0.2, -0.15) is 5.10 Å². The van der Waals surface area contributed by atoms with Crippen LogP contribution in [-0.2, 0) is 14.3 Å². The topological polar surface area (TPSA) is 103 Å². The lowest BCUT2D eigenvalue weighted by Crippen LogP contribution is -2.31. The smallest absolute Gasteiger partial charge is 0.336 e. The molecule has 0 bridgehead atoms. The van der Waals surface area contributed by atoms with Gasteiger partial charge in [0.1, 0.15) is 6.61 Å². The van der Waals surface area contributed by atoms with E-state index in [0.717, 1.165) is 0 Å². The van der Waals surface area contributed by atoms with Crippen molar-refractivity contribution in [2.24, 2.45) is 5.10 Å². The Morgan fingerprint density at radius 1 is 1.37 bits per heavy atom. The molecule has 8 nitrogen and oxygen atoms in total. The SMILES string of the molecule is CCC1=NNC(C)=C(C(=O)OCCOC(C)C)C1c1cccc([N+](=O)[O-])c1. The summed E-state index contributed by atoms with van der Waals surface area (Å²) in [5, 5.41) is 15.5. The number of esters is 1. The van der Waals surface area contributed by atoms with Crippen molar-refractivity contribution in [2.45, 2.75) is 46.1 Å². The van der Waals surface area contributed by atoms with Crippen LogP contribution in [0.15, 0.2) is 40.6 Å². The Balaban J connectivity index is 2.30. The van der Waals surface area contributed by atoms with Gasteiger partial charge >= 0.3 is 5.97 Å². The summed E-state index contributed by atoms with van der Waals surface area (Å²) < 4.78 is 10.8. The molecular weight excluding hydrogens is 350 g/mol. The molecule has 1 atom stereocenters. The Morgan fingerprint density at radius 2 is 2.11 bits per heavy atom. The van der Waals surface area contributed by atoms with Gasteiger partial charge in [0.15, 0.2) is 0 Å². The number of allylic oxidation sites excluding steroid dienone is 1. The van der Waals surface area contributed by atoms with Crippen LogP contribution in [0.3, 0.4) is 0 Å². The van der Waals surface area contributed by atoms with E-state index in [9.17, 15) is 14.9 Å². The zero-order valence-corrected chi connectivity index (χ0v) is 16.0. The number of nitro groups is 1. The van der Waals surface area contributed by atoms with E-state index in [0.29, 0.717) is 35.6 Å². The van der Waals surface area contributed by atoms with Crippen molar-refractivity contribution in [3.63, 3.8) is 0 Å². The molecule has 0 fully saturated rings. The monoisotopic (exact) mass is 375 g/mol. The number of nitro benzene ring substituents is 1. The lowest BCUT2D eigenvalue weighted by atomic mass is 9.83. The summed E-state index contributed by atoms with van der Waals surface area (Å²) in [5.74, 6) is -0.973. The third-order valence-corrected chi connectivity index (χ3v) is 4.16. The van der Waals surface area contributed by atoms with Crippen molar-refractivity contribution >= 4 is 17.4 Å². The van der Waals surface area contributed by atoms with Gasteiger partial charge in [0.25, 0.3) is 5.69 Å². The van der Waals surface area contributed by atoms with E-state index in [4.69, 9.17) is 9.47 Å². The molecule has 0 saturated heterocycles. The van der Waals surface area contributed by atoms with Crippen LogP contribution in [0, 0.1) is 10.1 Å². The molecule has 146 valence electrons. The molecule has 0 aliphatic carbocycles. The average molecular weight is 375 g/mol. The number of benzene rings is 1. The van der Waals surface area contributed by atoms with Crippen LogP contribution in [0.25, 0.3) is 0 Å². The van der Waals surface area contributed by atoms with Crippen LogP contribution in [0.1, 0.15) is 45.6 Å². The molecule has 0 amide bonds. The average Bonchev–Trinajstić information content (AvgIpc) is 2.64. The number of non-ortho nitro benzene ring substituents is 1. The first-order chi connectivity index (χ1) is 12.8. The van der Waals surface area contributed by atoms with E-state index < -0.39 is 16.8 Å². The van der Waals surface area contributed by atoms with E-state index in [2.05, 4.69) is 10.5 Å². The normalized spacial score (nSPS) is 16.8. The van der Waals surface area contributed by atoms with Gasteiger partial charge in [-0.1, -0.05) is 19.1 Å². The fraction of sp³-hybridized carbons (Fsp3) is 0.474. The molecule has 27 heavy (non-hydrogen) atoms. The van der Waals surface area contributed by atoms with Gasteiger partial charge in [-0.25, -0.2) is 4.79 Å². The maximum absolute atomic E-state index is 12.8. The predicted octanol–water partition coefficient (Wildman–Crippen LogP) is 3.29. The maximum atomic E-state index is 12.8. The Hall–Kier alpha value is -2.74. The number of rotatable bonds is 8. The first-order valence-electron chi connectivity index (χ1n) is 8.91. The molecular formula is C19H25N3O5. The summed E-state index contributed by atoms with van der Waals surface area (Å²) in [6.07, 6.45) is 0.637. The lowest BCUT2D eigenvalue weighted by Gasteiger charge is -2.27. The highest BCUT2D eigenvalue weighted by atomic mass is 16.6. The highest BCUT2D eigenvalue weighted by Gasteiger charge is 2.33. The fourth-order valence-electron chi connectivity index (χ4n) is 2.89. The Bertz CT molecular complexity index is 770. The third kappa shape index (κ3) is 5.13. The maximum Gasteiger partial charge on any atom is 0.336 e. The fourth-order valence-corrected chi connectivity index (χ4v) is 2.89. The molecule has 0 aromatic heterocycles. The quantitative estimate of drug-likeness (QED) is 0.324. The molecule has 0 radical (unpaired) electrons. The minimum absolute atomic E-state index is 0.0304. The second-order valence-electron chi connectivity index (χ2n) is 6.45. The van der Waals surface area contributed by atoms with Crippen LogP contribution in [0.5, 0.6) is 0 Å². The summed E-state index contributed by atoms with van der Waals surface area (Å²) in [5.41, 5.74) is 5.16. The number of hydrogen-bond donors (Lipinski definition) is 1. The Kier molecular flexibility index (Phi) is 7.06. The predicted molar refractivity (Wildman–Crippen MR) is 101 cm³/mol. The van der Waals surface area contributed by atoms with Crippen molar-refractivity contribution in [1.29, 1.82) is 0 Å². The zero-order chi connectivity index (χ0) is 20.0. The number of carbonyl (C=O) groups is 1. The lowest BCUT2D eigenvalue weighted by molar-refractivity contribution is -0.384. The van der Waals surface area contributed by atoms with Gasteiger partial charge < -0.3 is 9.47 Å². The van der Waals surface area contributed by atoms with Crippen molar-refractivity contribution in [1.82, 2.24) is 5.43 Å². The number of nitrogens with zero attached hydrogens (tertiary/aromatic N) is 2. The molecule has 1 unspecified atom stereocenters. The Labute approximate surface area is 158 Å². The van der Waals surface area contributed by atoms with Crippen molar-refractivity contribution in [3.8, 4) is 0 Å². The van der Waals surface area contributed by atoms with Gasteiger partial charge in [0.05, 0.1) is 34.8 Å². The van der Waals surface area contributed by atoms with E-state index in [1.165, 1.54) is 12.1 Å². The molecule has 2 rings (SSSR count). The third-order valence-electron chi connectivity index (χ3n) is 4.16. The van der Waals surface area contributed by atoms with Crippen LogP contribution in [0.2, 0.25) is 0 Å². The second kappa shape index (κ2) is 9.27. The van der Waals surface area contributed by atoms with Crippen molar-refractivity contribution < 1.29 is 19.2 Å². The number of hydrazone groups is 1. The van der Waals surface area contributed by atoms with E-state index in [-0.39, 0.29) is 18.4 Å². The molecule has 0 spiro atoms. The molecule has 1 aliphatic rings. The highest BCUT2D eigenvalue weighted by molar-refractivity contribution is 6.04. The van der Waals surface area contributed by atoms with E-state index in [1.54, 1.807) is 19.1 Å². The highest BCUT2D eigenvalue weighted by Crippen LogP contribution is 2.34. The van der Waals surface area contributed by atoms with Gasteiger partial charge in [-0.15, -0.1) is 0 Å². The summed E-state index contributed by atoms with van der Waals surface area (Å²) in [6, 6.07) is 6.27. The van der Waals surface area contributed by atoms with Crippen LogP contribution < -0.4 is 5.43 Å². The second-order valence-corrected chi connectivity index (χ2v) is 6.45.